The smallest absolute Gasteiger partial charge is 0.287 e. The Bertz CT molecular complexity index is 903. The van der Waals surface area contributed by atoms with Gasteiger partial charge in [-0.25, -0.2) is 0 Å². The highest BCUT2D eigenvalue weighted by Crippen LogP contribution is 2.19. The standard InChI is InChI=1S/C17H14N2O4/c1-22-12-5-6-13-14(20)9-16(23-15(13)8-12)17(21)19-10-11-4-2-3-7-18-11/h2-9H,10H2,1H3,(H,19,21). The monoisotopic (exact) mass is 310 g/mol. The van der Waals surface area contributed by atoms with Gasteiger partial charge in [0.05, 0.1) is 24.7 Å². The summed E-state index contributed by atoms with van der Waals surface area (Å²) in [6, 6.07) is 11.4. The van der Waals surface area contributed by atoms with Crippen LogP contribution in [-0.4, -0.2) is 18.0 Å². The summed E-state index contributed by atoms with van der Waals surface area (Å²) in [5.41, 5.74) is 0.738. The lowest BCUT2D eigenvalue weighted by atomic mass is 10.2. The quantitative estimate of drug-likeness (QED) is 0.798. The molecule has 0 saturated heterocycles. The molecule has 6 nitrogen and oxygen atoms in total. The summed E-state index contributed by atoms with van der Waals surface area (Å²) in [5, 5.41) is 3.07. The second-order valence-corrected chi connectivity index (χ2v) is 4.84. The molecule has 0 bridgehead atoms. The van der Waals surface area contributed by atoms with Crippen molar-refractivity contribution < 1.29 is 13.9 Å². The number of carbonyl (C=O) groups excluding carboxylic acids is 1. The van der Waals surface area contributed by atoms with Crippen LogP contribution < -0.4 is 15.5 Å². The predicted molar refractivity (Wildman–Crippen MR) is 84.4 cm³/mol. The Morgan fingerprint density at radius 3 is 2.87 bits per heavy atom. The van der Waals surface area contributed by atoms with Crippen LogP contribution in [0.5, 0.6) is 5.75 Å². The summed E-state index contributed by atoms with van der Waals surface area (Å²) < 4.78 is 10.6. The fraction of sp³-hybridized carbons (Fsp3) is 0.118. The van der Waals surface area contributed by atoms with Gasteiger partial charge in [-0.1, -0.05) is 6.07 Å². The molecule has 0 unspecified atom stereocenters. The summed E-state index contributed by atoms with van der Waals surface area (Å²) in [4.78, 5) is 28.4. The van der Waals surface area contributed by atoms with E-state index in [0.717, 1.165) is 0 Å². The second-order valence-electron chi connectivity index (χ2n) is 4.84. The van der Waals surface area contributed by atoms with Crippen molar-refractivity contribution in [3.8, 4) is 5.75 Å². The minimum atomic E-state index is -0.475. The number of nitrogens with one attached hydrogen (secondary N) is 1. The van der Waals surface area contributed by atoms with Gasteiger partial charge in [-0.15, -0.1) is 0 Å². The maximum Gasteiger partial charge on any atom is 0.287 e. The van der Waals surface area contributed by atoms with E-state index in [2.05, 4.69) is 10.3 Å². The molecule has 0 aliphatic carbocycles. The molecule has 0 radical (unpaired) electrons. The zero-order chi connectivity index (χ0) is 16.2. The number of pyridine rings is 1. The van der Waals surface area contributed by atoms with Crippen molar-refractivity contribution in [1.82, 2.24) is 10.3 Å². The first-order valence-electron chi connectivity index (χ1n) is 6.97. The number of benzene rings is 1. The summed E-state index contributed by atoms with van der Waals surface area (Å²) >= 11 is 0. The Hall–Kier alpha value is -3.15. The number of amides is 1. The molecule has 23 heavy (non-hydrogen) atoms. The summed E-state index contributed by atoms with van der Waals surface area (Å²) in [5.74, 6) is 0.0239. The number of hydrogen-bond donors (Lipinski definition) is 1. The second kappa shape index (κ2) is 6.31. The fourth-order valence-electron chi connectivity index (χ4n) is 2.13. The highest BCUT2D eigenvalue weighted by molar-refractivity contribution is 5.93. The number of nitrogens with zero attached hydrogens (tertiary/aromatic N) is 1. The van der Waals surface area contributed by atoms with Crippen LogP contribution >= 0.6 is 0 Å². The molecule has 0 aliphatic rings. The average molecular weight is 310 g/mol. The van der Waals surface area contributed by atoms with Crippen LogP contribution in [0.2, 0.25) is 0 Å². The summed E-state index contributed by atoms with van der Waals surface area (Å²) in [6.07, 6.45) is 1.64. The number of rotatable bonds is 4. The van der Waals surface area contributed by atoms with Crippen LogP contribution in [0.4, 0.5) is 0 Å². The van der Waals surface area contributed by atoms with E-state index >= 15 is 0 Å². The Kier molecular flexibility index (Phi) is 4.05. The molecule has 3 rings (SSSR count). The van der Waals surface area contributed by atoms with Crippen molar-refractivity contribution in [2.45, 2.75) is 6.54 Å². The molecule has 6 heteroatoms. The van der Waals surface area contributed by atoms with Crippen LogP contribution in [0.1, 0.15) is 16.2 Å². The van der Waals surface area contributed by atoms with Gasteiger partial charge in [0.25, 0.3) is 5.91 Å². The topological polar surface area (TPSA) is 81.4 Å². The normalized spacial score (nSPS) is 10.5. The SMILES string of the molecule is COc1ccc2c(=O)cc(C(=O)NCc3ccccn3)oc2c1. The van der Waals surface area contributed by atoms with Crippen molar-refractivity contribution in [3.63, 3.8) is 0 Å². The molecule has 0 aliphatic heterocycles. The van der Waals surface area contributed by atoms with E-state index in [4.69, 9.17) is 9.15 Å². The van der Waals surface area contributed by atoms with Gasteiger partial charge in [-0.2, -0.15) is 0 Å². The lowest BCUT2D eigenvalue weighted by molar-refractivity contribution is 0.0923. The van der Waals surface area contributed by atoms with Gasteiger partial charge in [0.1, 0.15) is 11.3 Å². The molecule has 2 aromatic heterocycles. The zero-order valence-corrected chi connectivity index (χ0v) is 12.4. The molecule has 1 aromatic carbocycles. The van der Waals surface area contributed by atoms with Crippen LogP contribution in [0.25, 0.3) is 11.0 Å². The van der Waals surface area contributed by atoms with Crippen molar-refractivity contribution in [3.05, 3.63) is 70.3 Å². The first-order valence-corrected chi connectivity index (χ1v) is 6.97. The lowest BCUT2D eigenvalue weighted by Crippen LogP contribution is -2.24. The van der Waals surface area contributed by atoms with Crippen molar-refractivity contribution in [2.75, 3.05) is 7.11 Å². The number of ether oxygens (including phenoxy) is 1. The Morgan fingerprint density at radius 2 is 2.13 bits per heavy atom. The minimum absolute atomic E-state index is 0.0494. The molecule has 1 amide bonds. The van der Waals surface area contributed by atoms with Crippen LogP contribution in [0.15, 0.2) is 57.9 Å². The molecule has 0 spiro atoms. The number of fused-ring (bicyclic) bond motifs is 1. The van der Waals surface area contributed by atoms with E-state index < -0.39 is 5.91 Å². The van der Waals surface area contributed by atoms with Gasteiger partial charge in [0.2, 0.25) is 0 Å². The van der Waals surface area contributed by atoms with Crippen LogP contribution in [-0.2, 0) is 6.54 Å². The predicted octanol–water partition coefficient (Wildman–Crippen LogP) is 2.13. The van der Waals surface area contributed by atoms with Gasteiger partial charge >= 0.3 is 0 Å². The third-order valence-corrected chi connectivity index (χ3v) is 3.32. The third kappa shape index (κ3) is 3.21. The molecule has 0 saturated carbocycles. The number of hydrogen-bond acceptors (Lipinski definition) is 5. The van der Waals surface area contributed by atoms with E-state index in [0.29, 0.717) is 22.4 Å². The van der Waals surface area contributed by atoms with Crippen LogP contribution in [0.3, 0.4) is 0 Å². The summed E-state index contributed by atoms with van der Waals surface area (Å²) in [7, 11) is 1.52. The first kappa shape index (κ1) is 14.8. The number of methoxy groups -OCH3 is 1. The number of carbonyl (C=O) groups is 1. The highest BCUT2D eigenvalue weighted by Gasteiger charge is 2.12. The first-order chi connectivity index (χ1) is 11.2. The van der Waals surface area contributed by atoms with E-state index in [1.165, 1.54) is 13.2 Å². The van der Waals surface area contributed by atoms with Crippen LogP contribution in [0, 0.1) is 0 Å². The maximum absolute atomic E-state index is 12.2. The van der Waals surface area contributed by atoms with Gasteiger partial charge < -0.3 is 14.5 Å². The molecular formula is C17H14N2O4. The lowest BCUT2D eigenvalue weighted by Gasteiger charge is -2.06. The van der Waals surface area contributed by atoms with E-state index in [9.17, 15) is 9.59 Å². The Morgan fingerprint density at radius 1 is 1.26 bits per heavy atom. The molecule has 0 atom stereocenters. The maximum atomic E-state index is 12.2. The van der Waals surface area contributed by atoms with Crippen molar-refractivity contribution in [2.24, 2.45) is 0 Å². The Labute approximate surface area is 131 Å². The largest absolute Gasteiger partial charge is 0.497 e. The number of aromatic nitrogens is 1. The molecular weight excluding hydrogens is 296 g/mol. The van der Waals surface area contributed by atoms with Gasteiger partial charge in [0.15, 0.2) is 11.2 Å². The molecule has 1 N–H and O–H groups in total. The minimum Gasteiger partial charge on any atom is -0.497 e. The van der Waals surface area contributed by atoms with Gasteiger partial charge in [0, 0.05) is 18.3 Å². The molecule has 3 aromatic rings. The molecule has 116 valence electrons. The van der Waals surface area contributed by atoms with Crippen molar-refractivity contribution in [1.29, 1.82) is 0 Å². The average Bonchev–Trinajstić information content (AvgIpc) is 2.60. The Balaban J connectivity index is 1.87. The van der Waals surface area contributed by atoms with E-state index in [-0.39, 0.29) is 17.7 Å². The molecule has 2 heterocycles. The fourth-order valence-corrected chi connectivity index (χ4v) is 2.13. The van der Waals surface area contributed by atoms with Gasteiger partial charge in [-0.3, -0.25) is 14.6 Å². The van der Waals surface area contributed by atoms with E-state index in [1.54, 1.807) is 36.5 Å². The van der Waals surface area contributed by atoms with Crippen molar-refractivity contribution >= 4 is 16.9 Å². The zero-order valence-electron chi connectivity index (χ0n) is 12.4. The van der Waals surface area contributed by atoms with Gasteiger partial charge in [-0.05, 0) is 24.3 Å². The van der Waals surface area contributed by atoms with E-state index in [1.807, 2.05) is 6.07 Å². The summed E-state index contributed by atoms with van der Waals surface area (Å²) in [6.45, 7) is 0.250. The third-order valence-electron chi connectivity index (χ3n) is 3.32. The highest BCUT2D eigenvalue weighted by atomic mass is 16.5. The molecule has 0 fully saturated rings.